The first-order valence-corrected chi connectivity index (χ1v) is 17.5. The fraction of sp³-hybridized carbons (Fsp3) is 0.361. The van der Waals surface area contributed by atoms with Gasteiger partial charge in [0.2, 0.25) is 5.82 Å². The third-order valence-corrected chi connectivity index (χ3v) is 8.49. The molecule has 0 saturated heterocycles. The van der Waals surface area contributed by atoms with Gasteiger partial charge < -0.3 is 26.1 Å². The Labute approximate surface area is 305 Å². The zero-order valence-corrected chi connectivity index (χ0v) is 29.5. The second-order valence-corrected chi connectivity index (χ2v) is 12.3. The summed E-state index contributed by atoms with van der Waals surface area (Å²) >= 11 is 0. The number of aryl methyl sites for hydroxylation is 1. The van der Waals surface area contributed by atoms with Crippen LogP contribution in [0.5, 0.6) is 0 Å². The number of nitrogens with zero attached hydrogens (tertiary/aromatic N) is 7. The number of carbonyl (C=O) groups excluding carboxylic acids is 2. The summed E-state index contributed by atoms with van der Waals surface area (Å²) in [5.41, 5.74) is 16.5. The van der Waals surface area contributed by atoms with Gasteiger partial charge in [0.25, 0.3) is 5.91 Å². The number of hydrogen-bond acceptors (Lipinski definition) is 12. The lowest BCUT2D eigenvalue weighted by atomic mass is 9.98. The molecule has 1 atom stereocenters. The largest absolute Gasteiger partial charge is 0.464 e. The Morgan fingerprint density at radius 2 is 1.75 bits per heavy atom. The van der Waals surface area contributed by atoms with Crippen LogP contribution in [0, 0.1) is 0 Å². The van der Waals surface area contributed by atoms with Crippen molar-refractivity contribution in [2.75, 3.05) is 19.8 Å². The van der Waals surface area contributed by atoms with Crippen molar-refractivity contribution >= 4 is 28.9 Å². The van der Waals surface area contributed by atoms with Crippen molar-refractivity contribution in [3.05, 3.63) is 83.7 Å². The van der Waals surface area contributed by atoms with Crippen LogP contribution in [0.4, 0.5) is 0 Å². The molecule has 5 rings (SSSR count). The molecule has 0 saturated carbocycles. The number of imidazole rings is 1. The van der Waals surface area contributed by atoms with Crippen molar-refractivity contribution in [3.8, 4) is 22.5 Å². The number of para-hydroxylation sites is 1. The van der Waals surface area contributed by atoms with E-state index in [1.54, 1.807) is 12.1 Å². The lowest BCUT2D eigenvalue weighted by molar-refractivity contribution is -0.492. The summed E-state index contributed by atoms with van der Waals surface area (Å²) in [7, 11) is 0. The molecule has 1 unspecified atom stereocenters. The van der Waals surface area contributed by atoms with E-state index in [2.05, 4.69) is 59.4 Å². The van der Waals surface area contributed by atoms with E-state index in [-0.39, 0.29) is 37.5 Å². The maximum Gasteiger partial charge on any atom is 0.328 e. The van der Waals surface area contributed by atoms with Gasteiger partial charge in [-0.15, -0.1) is 10.2 Å². The number of aromatic nitrogens is 6. The number of nitrogens with two attached hydrogens (primary N) is 2. The summed E-state index contributed by atoms with van der Waals surface area (Å²) in [6.45, 7) is 2.91. The average Bonchev–Trinajstić information content (AvgIpc) is 3.82. The number of amides is 1. The minimum absolute atomic E-state index is 0.0147. The maximum absolute atomic E-state index is 14.0. The average molecular weight is 728 g/mol. The van der Waals surface area contributed by atoms with Gasteiger partial charge in [-0.25, -0.2) is 9.78 Å². The monoisotopic (exact) mass is 727 g/mol. The molecule has 0 aliphatic rings. The molecule has 0 aliphatic carbocycles. The number of guanidine groups is 1. The highest BCUT2D eigenvalue weighted by Gasteiger charge is 2.25. The lowest BCUT2D eigenvalue weighted by Crippen LogP contribution is -2.42. The van der Waals surface area contributed by atoms with Crippen LogP contribution in [-0.4, -0.2) is 89.6 Å². The summed E-state index contributed by atoms with van der Waals surface area (Å²) in [6, 6.07) is 20.5. The van der Waals surface area contributed by atoms with Crippen LogP contribution in [0.2, 0.25) is 0 Å². The molecule has 2 aromatic heterocycles. The Morgan fingerprint density at radius 3 is 2.47 bits per heavy atom. The molecular weight excluding hydrogens is 682 g/mol. The molecule has 8 N–H and O–H groups in total. The van der Waals surface area contributed by atoms with E-state index in [0.29, 0.717) is 48.2 Å². The molecule has 0 spiro atoms. The number of hydrogen-bond donors (Lipinski definition) is 6. The highest BCUT2D eigenvalue weighted by molar-refractivity contribution is 6.06. The highest BCUT2D eigenvalue weighted by atomic mass is 17.1. The van der Waals surface area contributed by atoms with Gasteiger partial charge in [-0.2, -0.15) is 5.21 Å². The van der Waals surface area contributed by atoms with Crippen LogP contribution < -0.4 is 16.8 Å². The van der Waals surface area contributed by atoms with Crippen molar-refractivity contribution < 1.29 is 29.6 Å². The van der Waals surface area contributed by atoms with E-state index in [1.807, 2.05) is 42.5 Å². The van der Waals surface area contributed by atoms with Gasteiger partial charge in [-0.05, 0) is 66.1 Å². The first-order chi connectivity index (χ1) is 25.7. The molecule has 1 amide bonds. The standard InChI is InChI=1S/C36H45N11O6/c1-2-3-15-31-40-29-13-8-12-28(34(48)41-30(14-9-20-39-36(37)38)35(49)52-21-6-7-22-53-47(50)51)32(29)46(31)23-24-16-18-25(19-17-24)26-10-4-5-11-27(26)33-42-44-45-43-33/h4-5,8,10-13,16-19,30,50-51H,2-3,6-7,9,14-15,20-23H2,1H3,(H,41,48)(H4,37,38,39)(H,42,43,44,45). The molecule has 0 bridgehead atoms. The minimum atomic E-state index is -0.979. The fourth-order valence-corrected chi connectivity index (χ4v) is 5.90. The second-order valence-electron chi connectivity index (χ2n) is 12.3. The van der Waals surface area contributed by atoms with Crippen LogP contribution >= 0.6 is 0 Å². The molecule has 0 fully saturated rings. The summed E-state index contributed by atoms with van der Waals surface area (Å²) in [6.07, 6.45) is 4.06. The number of aromatic amines is 1. The molecule has 17 heteroatoms. The number of unbranched alkanes of at least 4 members (excludes halogenated alkanes) is 2. The molecule has 3 aromatic carbocycles. The van der Waals surface area contributed by atoms with Gasteiger partial charge in [0.05, 0.1) is 35.2 Å². The number of carbonyl (C=O) groups is 2. The van der Waals surface area contributed by atoms with Crippen LogP contribution in [-0.2, 0) is 27.3 Å². The number of ether oxygens (including phenoxy) is 1. The van der Waals surface area contributed by atoms with E-state index < -0.39 is 17.9 Å². The molecular formula is C36H45N11O6. The molecule has 17 nitrogen and oxygen atoms in total. The topological polar surface area (TPSA) is 245 Å². The van der Waals surface area contributed by atoms with Crippen molar-refractivity contribution in [2.45, 2.75) is 64.5 Å². The van der Waals surface area contributed by atoms with E-state index >= 15 is 0 Å². The van der Waals surface area contributed by atoms with Gasteiger partial charge in [0.15, 0.2) is 5.96 Å². The Morgan fingerprint density at radius 1 is 0.981 bits per heavy atom. The van der Waals surface area contributed by atoms with Crippen LogP contribution in [0.25, 0.3) is 33.5 Å². The normalized spacial score (nSPS) is 11.8. The number of esters is 1. The second kappa shape index (κ2) is 19.2. The van der Waals surface area contributed by atoms with E-state index in [4.69, 9.17) is 31.6 Å². The Hall–Kier alpha value is -5.75. The summed E-state index contributed by atoms with van der Waals surface area (Å²) in [5.74, 6) is 0.239. The first-order valence-electron chi connectivity index (χ1n) is 17.5. The summed E-state index contributed by atoms with van der Waals surface area (Å²) in [4.78, 5) is 40.7. The van der Waals surface area contributed by atoms with Gasteiger partial charge in [0, 0.05) is 25.1 Å². The van der Waals surface area contributed by atoms with Crippen LogP contribution in [0.15, 0.2) is 71.7 Å². The van der Waals surface area contributed by atoms with Gasteiger partial charge in [-0.1, -0.05) is 67.9 Å². The molecule has 53 heavy (non-hydrogen) atoms. The van der Waals surface area contributed by atoms with Crippen molar-refractivity contribution in [1.29, 1.82) is 0 Å². The van der Waals surface area contributed by atoms with Crippen molar-refractivity contribution in [3.63, 3.8) is 0 Å². The van der Waals surface area contributed by atoms with Crippen molar-refractivity contribution in [2.24, 2.45) is 16.5 Å². The molecule has 0 aliphatic heterocycles. The minimum Gasteiger partial charge on any atom is -0.464 e. The third-order valence-electron chi connectivity index (χ3n) is 8.49. The Kier molecular flexibility index (Phi) is 13.9. The number of benzene rings is 3. The number of H-pyrrole nitrogens is 1. The summed E-state index contributed by atoms with van der Waals surface area (Å²) < 4.78 is 7.55. The zero-order chi connectivity index (χ0) is 37.6. The van der Waals surface area contributed by atoms with Crippen LogP contribution in [0.1, 0.15) is 67.2 Å². The zero-order valence-electron chi connectivity index (χ0n) is 29.5. The Bertz CT molecular complexity index is 1960. The quantitative estimate of drug-likeness (QED) is 0.0220. The van der Waals surface area contributed by atoms with Gasteiger partial charge in [-0.3, -0.25) is 25.0 Å². The number of tetrazole rings is 1. The van der Waals surface area contributed by atoms with Gasteiger partial charge in [0.1, 0.15) is 11.9 Å². The molecule has 0 radical (unpaired) electrons. The predicted molar refractivity (Wildman–Crippen MR) is 195 cm³/mol. The molecule has 2 heterocycles. The van der Waals surface area contributed by atoms with E-state index in [0.717, 1.165) is 47.3 Å². The smallest absolute Gasteiger partial charge is 0.328 e. The van der Waals surface area contributed by atoms with E-state index in [1.165, 1.54) is 0 Å². The van der Waals surface area contributed by atoms with Crippen molar-refractivity contribution in [1.82, 2.24) is 40.9 Å². The lowest BCUT2D eigenvalue weighted by Gasteiger charge is -2.18. The molecule has 5 aromatic rings. The number of nitrogens with one attached hydrogen (secondary N) is 2. The number of aliphatic imine (C=N–C) groups is 1. The number of fused-ring (bicyclic) bond motifs is 1. The number of rotatable bonds is 20. The predicted octanol–water partition coefficient (Wildman–Crippen LogP) is 3.76. The SMILES string of the molecule is CCCCc1nc2cccc(C(=O)NC(CCCN=C(N)N)C(=O)OCCCCON(O)O)c2n1Cc1ccc(-c2ccccc2-c2nn[nH]n2)cc1. The third kappa shape index (κ3) is 10.6. The van der Waals surface area contributed by atoms with Crippen LogP contribution in [0.3, 0.4) is 0 Å². The fourth-order valence-electron chi connectivity index (χ4n) is 5.90. The maximum atomic E-state index is 14.0. The summed E-state index contributed by atoms with van der Waals surface area (Å²) in [5, 5.41) is 34.4. The Balaban J connectivity index is 1.39. The van der Waals surface area contributed by atoms with Gasteiger partial charge >= 0.3 is 5.97 Å². The van der Waals surface area contributed by atoms with E-state index in [9.17, 15) is 9.59 Å². The highest BCUT2D eigenvalue weighted by Crippen LogP contribution is 2.30. The molecule has 280 valence electrons. The first kappa shape index (κ1) is 38.5.